The second kappa shape index (κ2) is 8.20. The summed E-state index contributed by atoms with van der Waals surface area (Å²) in [6, 6.07) is 0.329. The molecule has 1 heterocycles. The van der Waals surface area contributed by atoms with Gasteiger partial charge in [0.05, 0.1) is 0 Å². The molecule has 3 N–H and O–H groups in total. The molecule has 0 aromatic heterocycles. The summed E-state index contributed by atoms with van der Waals surface area (Å²) in [5, 5.41) is 0. The Hall–Kier alpha value is -0.160. The summed E-state index contributed by atoms with van der Waals surface area (Å²) in [7, 11) is 1.77. The van der Waals surface area contributed by atoms with Gasteiger partial charge in [0.1, 0.15) is 0 Å². The van der Waals surface area contributed by atoms with Gasteiger partial charge in [-0.15, -0.1) is 0 Å². The van der Waals surface area contributed by atoms with E-state index in [1.165, 1.54) is 25.9 Å². The van der Waals surface area contributed by atoms with Crippen molar-refractivity contribution in [2.24, 2.45) is 11.8 Å². The molecule has 2 unspecified atom stereocenters. The molecular weight excluding hydrogens is 238 g/mol. The summed E-state index contributed by atoms with van der Waals surface area (Å²) in [4.78, 5) is 2.67. The van der Waals surface area contributed by atoms with Gasteiger partial charge in [-0.2, -0.15) is 0 Å². The zero-order chi connectivity index (χ0) is 14.3. The van der Waals surface area contributed by atoms with E-state index in [-0.39, 0.29) is 5.54 Å². The first-order valence-corrected chi connectivity index (χ1v) is 7.86. The van der Waals surface area contributed by atoms with Gasteiger partial charge in [-0.3, -0.25) is 16.2 Å². The summed E-state index contributed by atoms with van der Waals surface area (Å²) >= 11 is 0. The quantitative estimate of drug-likeness (QED) is 0.498. The van der Waals surface area contributed by atoms with E-state index in [1.54, 1.807) is 7.11 Å². The van der Waals surface area contributed by atoms with Gasteiger partial charge in [0.25, 0.3) is 0 Å². The standard InChI is InChI=1S/C15H33N3O/c1-5-15(6-2,18-10-7-8-11-18)14(17-16)13(3)9-12-19-4/h13-14,17H,5-12,16H2,1-4H3. The van der Waals surface area contributed by atoms with Crippen molar-refractivity contribution in [1.29, 1.82) is 0 Å². The summed E-state index contributed by atoms with van der Waals surface area (Å²) < 4.78 is 5.23. The minimum absolute atomic E-state index is 0.193. The number of hydrogen-bond acceptors (Lipinski definition) is 4. The van der Waals surface area contributed by atoms with E-state index in [1.807, 2.05) is 0 Å². The highest BCUT2D eigenvalue weighted by Gasteiger charge is 2.43. The number of nitrogens with one attached hydrogen (secondary N) is 1. The molecular formula is C15H33N3O. The van der Waals surface area contributed by atoms with Crippen LogP contribution in [0.15, 0.2) is 0 Å². The molecule has 4 heteroatoms. The van der Waals surface area contributed by atoms with Gasteiger partial charge in [-0.25, -0.2) is 0 Å². The zero-order valence-corrected chi connectivity index (χ0v) is 13.2. The minimum Gasteiger partial charge on any atom is -0.385 e. The molecule has 0 aromatic carbocycles. The molecule has 0 amide bonds. The predicted molar refractivity (Wildman–Crippen MR) is 80.9 cm³/mol. The van der Waals surface area contributed by atoms with Crippen molar-refractivity contribution in [3.05, 3.63) is 0 Å². The fourth-order valence-corrected chi connectivity index (χ4v) is 3.82. The number of ether oxygens (including phenoxy) is 1. The maximum atomic E-state index is 5.93. The molecule has 1 rings (SSSR count). The van der Waals surface area contributed by atoms with Crippen molar-refractivity contribution < 1.29 is 4.74 Å². The topological polar surface area (TPSA) is 50.5 Å². The molecule has 0 saturated carbocycles. The fraction of sp³-hybridized carbons (Fsp3) is 1.00. The number of nitrogens with two attached hydrogens (primary N) is 1. The Morgan fingerprint density at radius 1 is 1.26 bits per heavy atom. The first kappa shape index (κ1) is 16.9. The zero-order valence-electron chi connectivity index (χ0n) is 13.2. The number of nitrogens with zero attached hydrogens (tertiary/aromatic N) is 1. The van der Waals surface area contributed by atoms with Crippen molar-refractivity contribution in [2.75, 3.05) is 26.8 Å². The van der Waals surface area contributed by atoms with Crippen LogP contribution >= 0.6 is 0 Å². The lowest BCUT2D eigenvalue weighted by atomic mass is 9.76. The summed E-state index contributed by atoms with van der Waals surface area (Å²) in [6.07, 6.45) is 6.00. The van der Waals surface area contributed by atoms with Crippen LogP contribution in [0, 0.1) is 5.92 Å². The van der Waals surface area contributed by atoms with Crippen LogP contribution in [0.25, 0.3) is 0 Å². The highest BCUT2D eigenvalue weighted by Crippen LogP contribution is 2.35. The Bertz CT molecular complexity index is 238. The second-order valence-electron chi connectivity index (χ2n) is 5.91. The van der Waals surface area contributed by atoms with Crippen molar-refractivity contribution >= 4 is 0 Å². The van der Waals surface area contributed by atoms with E-state index in [0.717, 1.165) is 25.9 Å². The summed E-state index contributed by atoms with van der Waals surface area (Å²) in [5.74, 6) is 6.45. The average molecular weight is 271 g/mol. The Kier molecular flexibility index (Phi) is 7.29. The first-order valence-electron chi connectivity index (χ1n) is 7.86. The van der Waals surface area contributed by atoms with Crippen molar-refractivity contribution in [3.63, 3.8) is 0 Å². The largest absolute Gasteiger partial charge is 0.385 e. The molecule has 1 aliphatic rings. The molecule has 114 valence electrons. The number of rotatable bonds is 9. The smallest absolute Gasteiger partial charge is 0.0465 e. The maximum absolute atomic E-state index is 5.93. The molecule has 0 spiro atoms. The Morgan fingerprint density at radius 3 is 2.26 bits per heavy atom. The second-order valence-corrected chi connectivity index (χ2v) is 5.91. The highest BCUT2D eigenvalue weighted by molar-refractivity contribution is 5.01. The SMILES string of the molecule is CCC(CC)(C(NN)C(C)CCOC)N1CCCC1. The Balaban J connectivity index is 2.85. The van der Waals surface area contributed by atoms with Crippen LogP contribution in [-0.4, -0.2) is 43.3 Å². The van der Waals surface area contributed by atoms with Crippen molar-refractivity contribution in [3.8, 4) is 0 Å². The van der Waals surface area contributed by atoms with Crippen LogP contribution in [0.3, 0.4) is 0 Å². The third-order valence-corrected chi connectivity index (χ3v) is 5.07. The molecule has 1 fully saturated rings. The van der Waals surface area contributed by atoms with Gasteiger partial charge in [-0.1, -0.05) is 20.8 Å². The van der Waals surface area contributed by atoms with Crippen LogP contribution in [0.2, 0.25) is 0 Å². The first-order chi connectivity index (χ1) is 9.16. The van der Waals surface area contributed by atoms with Gasteiger partial charge < -0.3 is 4.74 Å². The molecule has 1 saturated heterocycles. The van der Waals surface area contributed by atoms with Crippen LogP contribution in [0.1, 0.15) is 52.9 Å². The van der Waals surface area contributed by atoms with E-state index in [4.69, 9.17) is 10.6 Å². The van der Waals surface area contributed by atoms with Gasteiger partial charge in [0, 0.05) is 25.3 Å². The predicted octanol–water partition coefficient (Wildman–Crippen LogP) is 2.15. The molecule has 19 heavy (non-hydrogen) atoms. The van der Waals surface area contributed by atoms with Crippen LogP contribution in [-0.2, 0) is 4.74 Å². The lowest BCUT2D eigenvalue weighted by Crippen LogP contribution is -2.64. The van der Waals surface area contributed by atoms with Gasteiger partial charge in [0.15, 0.2) is 0 Å². The van der Waals surface area contributed by atoms with Crippen molar-refractivity contribution in [1.82, 2.24) is 10.3 Å². The van der Waals surface area contributed by atoms with Gasteiger partial charge in [-0.05, 0) is 51.1 Å². The normalized spacial score (nSPS) is 20.7. The lowest BCUT2D eigenvalue weighted by molar-refractivity contribution is 0.0331. The molecule has 2 atom stereocenters. The van der Waals surface area contributed by atoms with E-state index < -0.39 is 0 Å². The lowest BCUT2D eigenvalue weighted by Gasteiger charge is -2.48. The fourth-order valence-electron chi connectivity index (χ4n) is 3.82. The van der Waals surface area contributed by atoms with Crippen LogP contribution < -0.4 is 11.3 Å². The minimum atomic E-state index is 0.193. The monoisotopic (exact) mass is 271 g/mol. The molecule has 0 radical (unpaired) electrons. The maximum Gasteiger partial charge on any atom is 0.0465 e. The van der Waals surface area contributed by atoms with E-state index >= 15 is 0 Å². The summed E-state index contributed by atoms with van der Waals surface area (Å²) in [6.45, 7) is 10.1. The number of hydrazine groups is 1. The van der Waals surface area contributed by atoms with Crippen LogP contribution in [0.5, 0.6) is 0 Å². The third kappa shape index (κ3) is 3.69. The molecule has 1 aliphatic heterocycles. The van der Waals surface area contributed by atoms with Gasteiger partial charge >= 0.3 is 0 Å². The van der Waals surface area contributed by atoms with Gasteiger partial charge in [0.2, 0.25) is 0 Å². The van der Waals surface area contributed by atoms with E-state index in [9.17, 15) is 0 Å². The van der Waals surface area contributed by atoms with E-state index in [2.05, 4.69) is 31.1 Å². The third-order valence-electron chi connectivity index (χ3n) is 5.07. The summed E-state index contributed by atoms with van der Waals surface area (Å²) in [5.41, 5.74) is 3.33. The Morgan fingerprint density at radius 2 is 1.84 bits per heavy atom. The van der Waals surface area contributed by atoms with Crippen LogP contribution in [0.4, 0.5) is 0 Å². The Labute approximate surface area is 119 Å². The molecule has 0 bridgehead atoms. The van der Waals surface area contributed by atoms with E-state index in [0.29, 0.717) is 12.0 Å². The van der Waals surface area contributed by atoms with Crippen molar-refractivity contribution in [2.45, 2.75) is 64.5 Å². The number of likely N-dealkylation sites (tertiary alicyclic amines) is 1. The average Bonchev–Trinajstić information content (AvgIpc) is 2.96. The molecule has 4 nitrogen and oxygen atoms in total. The highest BCUT2D eigenvalue weighted by atomic mass is 16.5. The number of methoxy groups -OCH3 is 1. The molecule has 0 aliphatic carbocycles. The molecule has 0 aromatic rings. The number of hydrogen-bond donors (Lipinski definition) is 2.